The van der Waals surface area contributed by atoms with Crippen molar-refractivity contribution in [2.45, 2.75) is 0 Å². The summed E-state index contributed by atoms with van der Waals surface area (Å²) < 4.78 is 10.8. The zero-order valence-corrected chi connectivity index (χ0v) is 19.5. The molecule has 5 rings (SSSR count). The van der Waals surface area contributed by atoms with Gasteiger partial charge in [0.1, 0.15) is 22.3 Å². The van der Waals surface area contributed by atoms with Crippen LogP contribution in [-0.2, 0) is 4.74 Å². The smallest absolute Gasteiger partial charge is 0.273 e. The third kappa shape index (κ3) is 4.79. The van der Waals surface area contributed by atoms with Gasteiger partial charge in [-0.1, -0.05) is 6.07 Å². The molecule has 0 unspecified atom stereocenters. The molecule has 0 N–H and O–H groups in total. The number of hydrogen-bond donors (Lipinski definition) is 0. The molecule has 3 aromatic rings. The van der Waals surface area contributed by atoms with Gasteiger partial charge >= 0.3 is 0 Å². The molecule has 0 bridgehead atoms. The van der Waals surface area contributed by atoms with Crippen molar-refractivity contribution in [3.63, 3.8) is 0 Å². The maximum Gasteiger partial charge on any atom is 0.273 e. The van der Waals surface area contributed by atoms with Crippen LogP contribution in [0.25, 0.3) is 10.6 Å². The van der Waals surface area contributed by atoms with Crippen LogP contribution in [0.3, 0.4) is 0 Å². The van der Waals surface area contributed by atoms with Crippen LogP contribution in [0.1, 0.15) is 10.5 Å². The number of morpholine rings is 1. The number of benzene rings is 1. The number of anilines is 2. The fourth-order valence-corrected chi connectivity index (χ4v) is 4.95. The number of pyridine rings is 1. The van der Waals surface area contributed by atoms with Gasteiger partial charge in [0.05, 0.1) is 20.3 Å². The molecule has 33 heavy (non-hydrogen) atoms. The highest BCUT2D eigenvalue weighted by Gasteiger charge is 2.24. The van der Waals surface area contributed by atoms with Gasteiger partial charge in [0.2, 0.25) is 0 Å². The minimum atomic E-state index is -0.00903. The first-order valence-electron chi connectivity index (χ1n) is 11.1. The zero-order valence-electron chi connectivity index (χ0n) is 18.6. The van der Waals surface area contributed by atoms with Gasteiger partial charge in [-0.25, -0.2) is 9.97 Å². The molecule has 1 aromatic carbocycles. The van der Waals surface area contributed by atoms with Crippen LogP contribution >= 0.6 is 11.3 Å². The van der Waals surface area contributed by atoms with Crippen molar-refractivity contribution in [3.05, 3.63) is 53.7 Å². The number of carbonyl (C=O) groups is 1. The lowest BCUT2D eigenvalue weighted by Crippen LogP contribution is -2.48. The molecule has 0 atom stereocenters. The number of amides is 1. The summed E-state index contributed by atoms with van der Waals surface area (Å²) in [5, 5.41) is 2.70. The molecule has 8 nitrogen and oxygen atoms in total. The Balaban J connectivity index is 1.24. The van der Waals surface area contributed by atoms with Gasteiger partial charge in [-0.05, 0) is 24.3 Å². The van der Waals surface area contributed by atoms with E-state index in [-0.39, 0.29) is 5.91 Å². The van der Waals surface area contributed by atoms with E-state index in [9.17, 15) is 4.79 Å². The Morgan fingerprint density at radius 3 is 2.64 bits per heavy atom. The molecule has 0 aliphatic carbocycles. The van der Waals surface area contributed by atoms with Crippen LogP contribution in [0.15, 0.2) is 48.0 Å². The molecule has 2 fully saturated rings. The average Bonchev–Trinajstić information content (AvgIpc) is 3.39. The van der Waals surface area contributed by atoms with Crippen LogP contribution in [0, 0.1) is 0 Å². The Bertz CT molecular complexity index is 1110. The topological polar surface area (TPSA) is 71.0 Å². The number of thiazole rings is 1. The summed E-state index contributed by atoms with van der Waals surface area (Å²) in [7, 11) is 1.67. The number of hydrogen-bond acceptors (Lipinski definition) is 8. The number of nitrogens with zero attached hydrogens (tertiary/aromatic N) is 5. The standard InChI is InChI=1S/C24H27N5O3S/c1-31-20-4-2-3-19(16-20)27-7-9-29(10-8-27)24(30)21-17-33-23(26-21)18-5-6-25-22(15-18)28-11-13-32-14-12-28/h2-6,15-17H,7-14H2,1H3. The van der Waals surface area contributed by atoms with Crippen LogP contribution < -0.4 is 14.5 Å². The fourth-order valence-electron chi connectivity index (χ4n) is 4.16. The number of ether oxygens (including phenoxy) is 2. The summed E-state index contributed by atoms with van der Waals surface area (Å²) >= 11 is 1.50. The molecule has 9 heteroatoms. The number of methoxy groups -OCH3 is 1. The van der Waals surface area contributed by atoms with Gasteiger partial charge < -0.3 is 24.2 Å². The van der Waals surface area contributed by atoms with Gasteiger partial charge in [0.25, 0.3) is 5.91 Å². The molecule has 2 saturated heterocycles. The Kier molecular flexibility index (Phi) is 6.41. The van der Waals surface area contributed by atoms with Gasteiger partial charge in [0, 0.05) is 68.2 Å². The van der Waals surface area contributed by atoms with E-state index < -0.39 is 0 Å². The largest absolute Gasteiger partial charge is 0.497 e. The Hall–Kier alpha value is -3.17. The highest BCUT2D eigenvalue weighted by atomic mass is 32.1. The predicted octanol–water partition coefficient (Wildman–Crippen LogP) is 3.01. The van der Waals surface area contributed by atoms with Crippen molar-refractivity contribution in [1.29, 1.82) is 0 Å². The highest BCUT2D eigenvalue weighted by Crippen LogP contribution is 2.28. The van der Waals surface area contributed by atoms with Crippen molar-refractivity contribution in [3.8, 4) is 16.3 Å². The maximum atomic E-state index is 13.1. The molecule has 2 aromatic heterocycles. The summed E-state index contributed by atoms with van der Waals surface area (Å²) in [6, 6.07) is 12.0. The first-order chi connectivity index (χ1) is 16.2. The number of aromatic nitrogens is 2. The molecule has 0 radical (unpaired) electrons. The van der Waals surface area contributed by atoms with Crippen LogP contribution in [0.4, 0.5) is 11.5 Å². The second-order valence-corrected chi connectivity index (χ2v) is 8.88. The van der Waals surface area contributed by atoms with E-state index in [1.807, 2.05) is 40.6 Å². The van der Waals surface area contributed by atoms with Crippen molar-refractivity contribution < 1.29 is 14.3 Å². The van der Waals surface area contributed by atoms with E-state index in [0.717, 1.165) is 54.0 Å². The molecular weight excluding hydrogens is 438 g/mol. The lowest BCUT2D eigenvalue weighted by atomic mass is 10.2. The predicted molar refractivity (Wildman–Crippen MR) is 129 cm³/mol. The van der Waals surface area contributed by atoms with E-state index in [1.54, 1.807) is 13.3 Å². The summed E-state index contributed by atoms with van der Waals surface area (Å²) in [6.07, 6.45) is 1.81. The van der Waals surface area contributed by atoms with Crippen LogP contribution in [0.5, 0.6) is 5.75 Å². The normalized spacial score (nSPS) is 16.7. The van der Waals surface area contributed by atoms with E-state index in [2.05, 4.69) is 25.8 Å². The number of rotatable bonds is 5. The minimum absolute atomic E-state index is 0.00903. The van der Waals surface area contributed by atoms with Crippen LogP contribution in [-0.4, -0.2) is 80.4 Å². The Morgan fingerprint density at radius 2 is 1.85 bits per heavy atom. The van der Waals surface area contributed by atoms with E-state index in [4.69, 9.17) is 9.47 Å². The van der Waals surface area contributed by atoms with Gasteiger partial charge in [-0.15, -0.1) is 11.3 Å². The third-order valence-corrected chi connectivity index (χ3v) is 6.93. The molecule has 1 amide bonds. The van der Waals surface area contributed by atoms with Crippen molar-refractivity contribution in [2.75, 3.05) is 69.4 Å². The van der Waals surface area contributed by atoms with Gasteiger partial charge in [-0.2, -0.15) is 0 Å². The second kappa shape index (κ2) is 9.76. The molecule has 2 aliphatic rings. The monoisotopic (exact) mass is 465 g/mol. The second-order valence-electron chi connectivity index (χ2n) is 8.02. The number of carbonyl (C=O) groups excluding carboxylic acids is 1. The molecular formula is C24H27N5O3S. The minimum Gasteiger partial charge on any atom is -0.497 e. The quantitative estimate of drug-likeness (QED) is 0.574. The maximum absolute atomic E-state index is 13.1. The zero-order chi connectivity index (χ0) is 22.6. The average molecular weight is 466 g/mol. The van der Waals surface area contributed by atoms with Crippen LogP contribution in [0.2, 0.25) is 0 Å². The summed E-state index contributed by atoms with van der Waals surface area (Å²) in [6.45, 7) is 5.99. The van der Waals surface area contributed by atoms with E-state index >= 15 is 0 Å². The number of piperazine rings is 1. The van der Waals surface area contributed by atoms with Crippen molar-refractivity contribution >= 4 is 28.7 Å². The van der Waals surface area contributed by atoms with E-state index in [1.165, 1.54) is 11.3 Å². The van der Waals surface area contributed by atoms with Crippen molar-refractivity contribution in [2.24, 2.45) is 0 Å². The lowest BCUT2D eigenvalue weighted by molar-refractivity contribution is 0.0741. The Morgan fingerprint density at radius 1 is 1.03 bits per heavy atom. The summed E-state index contributed by atoms with van der Waals surface area (Å²) in [5.74, 6) is 1.76. The molecule has 2 aliphatic heterocycles. The van der Waals surface area contributed by atoms with E-state index in [0.29, 0.717) is 32.0 Å². The molecule has 0 saturated carbocycles. The fraction of sp³-hybridized carbons (Fsp3) is 0.375. The molecule has 172 valence electrons. The first kappa shape index (κ1) is 21.7. The SMILES string of the molecule is COc1cccc(N2CCN(C(=O)c3csc(-c4ccnc(N5CCOCC5)c4)n3)CC2)c1. The third-order valence-electron chi connectivity index (χ3n) is 6.04. The lowest BCUT2D eigenvalue weighted by Gasteiger charge is -2.35. The highest BCUT2D eigenvalue weighted by molar-refractivity contribution is 7.13. The van der Waals surface area contributed by atoms with Crippen molar-refractivity contribution in [1.82, 2.24) is 14.9 Å². The Labute approximate surface area is 197 Å². The van der Waals surface area contributed by atoms with Gasteiger partial charge in [-0.3, -0.25) is 4.79 Å². The summed E-state index contributed by atoms with van der Waals surface area (Å²) in [5.41, 5.74) is 2.61. The van der Waals surface area contributed by atoms with Gasteiger partial charge in [0.15, 0.2) is 0 Å². The first-order valence-corrected chi connectivity index (χ1v) is 12.0. The summed E-state index contributed by atoms with van der Waals surface area (Å²) in [4.78, 5) is 28.7. The molecule has 0 spiro atoms. The molecule has 4 heterocycles.